The fraction of sp³-hybridized carbons (Fsp3) is 0.429. The maximum absolute atomic E-state index is 12.1. The van der Waals surface area contributed by atoms with Crippen molar-refractivity contribution in [3.63, 3.8) is 0 Å². The van der Waals surface area contributed by atoms with Gasteiger partial charge in [-0.3, -0.25) is 9.59 Å². The number of nitrogens with one attached hydrogen (secondary N) is 1. The molecule has 0 aliphatic heterocycles. The van der Waals surface area contributed by atoms with E-state index in [1.54, 1.807) is 6.92 Å². The maximum Gasteiger partial charge on any atom is 0.220 e. The van der Waals surface area contributed by atoms with E-state index in [1.165, 1.54) is 10.8 Å². The quantitative estimate of drug-likeness (QED) is 0.708. The van der Waals surface area contributed by atoms with Crippen LogP contribution in [0.1, 0.15) is 58.1 Å². The lowest BCUT2D eigenvalue weighted by Crippen LogP contribution is -2.26. The first kappa shape index (κ1) is 18.2. The number of ketones is 1. The van der Waals surface area contributed by atoms with Gasteiger partial charge in [0.25, 0.3) is 0 Å². The fourth-order valence-electron chi connectivity index (χ4n) is 2.81. The van der Waals surface area contributed by atoms with Gasteiger partial charge in [0.05, 0.1) is 6.04 Å². The number of fused-ring (bicyclic) bond motifs is 1. The third-order valence-corrected chi connectivity index (χ3v) is 4.64. The lowest BCUT2D eigenvalue weighted by molar-refractivity contribution is -0.121. The minimum atomic E-state index is -0.00162. The first-order valence-electron chi connectivity index (χ1n) is 8.76. The zero-order valence-electron chi connectivity index (χ0n) is 14.8. The number of rotatable bonds is 8. The highest BCUT2D eigenvalue weighted by Crippen LogP contribution is 2.20. The normalized spacial score (nSPS) is 13.5. The molecule has 0 spiro atoms. The van der Waals surface area contributed by atoms with E-state index in [9.17, 15) is 9.59 Å². The highest BCUT2D eigenvalue weighted by Gasteiger charge is 2.11. The molecule has 2 rings (SSSR count). The second-order valence-corrected chi connectivity index (χ2v) is 6.65. The molecule has 2 aromatic rings. The van der Waals surface area contributed by atoms with E-state index in [0.29, 0.717) is 6.42 Å². The van der Waals surface area contributed by atoms with Crippen LogP contribution in [0, 0.1) is 5.92 Å². The molecule has 0 aliphatic rings. The van der Waals surface area contributed by atoms with Crippen molar-refractivity contribution in [3.8, 4) is 0 Å². The lowest BCUT2D eigenvalue weighted by atomic mass is 9.99. The number of hydrogen-bond acceptors (Lipinski definition) is 2. The SMILES string of the molecule is CC(=O)C(C)CCCCC(=O)NC(C)c1ccc2ccccc2c1. The van der Waals surface area contributed by atoms with Crippen LogP contribution in [0.5, 0.6) is 0 Å². The van der Waals surface area contributed by atoms with Gasteiger partial charge in [0.2, 0.25) is 5.91 Å². The number of carbonyl (C=O) groups excluding carboxylic acids is 2. The van der Waals surface area contributed by atoms with Crippen LogP contribution in [0.2, 0.25) is 0 Å². The van der Waals surface area contributed by atoms with Crippen molar-refractivity contribution in [1.82, 2.24) is 5.32 Å². The molecule has 1 N–H and O–H groups in total. The molecule has 0 aliphatic carbocycles. The van der Waals surface area contributed by atoms with Gasteiger partial charge in [0.1, 0.15) is 5.78 Å². The number of amides is 1. The van der Waals surface area contributed by atoms with Gasteiger partial charge >= 0.3 is 0 Å². The molecule has 0 saturated carbocycles. The monoisotopic (exact) mass is 325 g/mol. The molecule has 0 aromatic heterocycles. The Bertz CT molecular complexity index is 708. The zero-order chi connectivity index (χ0) is 17.5. The summed E-state index contributed by atoms with van der Waals surface area (Å²) >= 11 is 0. The summed E-state index contributed by atoms with van der Waals surface area (Å²) in [5.74, 6) is 0.403. The largest absolute Gasteiger partial charge is 0.350 e. The summed E-state index contributed by atoms with van der Waals surface area (Å²) in [7, 11) is 0. The Morgan fingerprint density at radius 3 is 2.42 bits per heavy atom. The second-order valence-electron chi connectivity index (χ2n) is 6.65. The lowest BCUT2D eigenvalue weighted by Gasteiger charge is -2.15. The van der Waals surface area contributed by atoms with Gasteiger partial charge in [-0.25, -0.2) is 0 Å². The van der Waals surface area contributed by atoms with Gasteiger partial charge < -0.3 is 5.32 Å². The van der Waals surface area contributed by atoms with Gasteiger partial charge in [-0.2, -0.15) is 0 Å². The Hall–Kier alpha value is -2.16. The number of unbranched alkanes of at least 4 members (excludes halogenated alkanes) is 1. The molecule has 2 aromatic carbocycles. The van der Waals surface area contributed by atoms with Crippen LogP contribution in [0.4, 0.5) is 0 Å². The maximum atomic E-state index is 12.1. The third-order valence-electron chi connectivity index (χ3n) is 4.64. The molecule has 2 unspecified atom stereocenters. The Morgan fingerprint density at radius 1 is 1.00 bits per heavy atom. The first-order chi connectivity index (χ1) is 11.5. The second kappa shape index (κ2) is 8.62. The van der Waals surface area contributed by atoms with Gasteiger partial charge in [-0.05, 0) is 49.1 Å². The number of carbonyl (C=O) groups is 2. The molecule has 3 nitrogen and oxygen atoms in total. The predicted molar refractivity (Wildman–Crippen MR) is 98.8 cm³/mol. The Morgan fingerprint density at radius 2 is 1.71 bits per heavy atom. The van der Waals surface area contributed by atoms with E-state index in [4.69, 9.17) is 0 Å². The van der Waals surface area contributed by atoms with Crippen molar-refractivity contribution in [3.05, 3.63) is 48.0 Å². The molecule has 24 heavy (non-hydrogen) atoms. The smallest absolute Gasteiger partial charge is 0.220 e. The minimum absolute atomic E-state index is 0.00162. The highest BCUT2D eigenvalue weighted by molar-refractivity contribution is 5.83. The summed E-state index contributed by atoms with van der Waals surface area (Å²) in [4.78, 5) is 23.3. The van der Waals surface area contributed by atoms with Crippen molar-refractivity contribution < 1.29 is 9.59 Å². The summed E-state index contributed by atoms with van der Waals surface area (Å²) < 4.78 is 0. The Kier molecular flexibility index (Phi) is 6.53. The summed E-state index contributed by atoms with van der Waals surface area (Å²) in [6, 6.07) is 14.5. The van der Waals surface area contributed by atoms with Crippen LogP contribution in [0.15, 0.2) is 42.5 Å². The summed E-state index contributed by atoms with van der Waals surface area (Å²) in [6.45, 7) is 5.59. The standard InChI is InChI=1S/C21H27NO2/c1-15(17(3)23)8-4-7-11-21(24)22-16(2)19-13-12-18-9-5-6-10-20(18)14-19/h5-6,9-10,12-16H,4,7-8,11H2,1-3H3,(H,22,24). The number of hydrogen-bond donors (Lipinski definition) is 1. The number of benzene rings is 2. The Balaban J connectivity index is 1.81. The molecule has 0 heterocycles. The van der Waals surface area contributed by atoms with Crippen molar-refractivity contribution >= 4 is 22.5 Å². The first-order valence-corrected chi connectivity index (χ1v) is 8.76. The highest BCUT2D eigenvalue weighted by atomic mass is 16.1. The van der Waals surface area contributed by atoms with Crippen LogP contribution in [0.3, 0.4) is 0 Å². The van der Waals surface area contributed by atoms with Crippen LogP contribution in [0.25, 0.3) is 10.8 Å². The van der Waals surface area contributed by atoms with Gasteiger partial charge in [0, 0.05) is 12.3 Å². The van der Waals surface area contributed by atoms with Crippen molar-refractivity contribution in [2.24, 2.45) is 5.92 Å². The molecular weight excluding hydrogens is 298 g/mol. The number of Topliss-reactive ketones (excluding diaryl/α,β-unsaturated/α-hetero) is 1. The van der Waals surface area contributed by atoms with E-state index in [2.05, 4.69) is 35.6 Å². The van der Waals surface area contributed by atoms with Gasteiger partial charge in [-0.1, -0.05) is 49.7 Å². The van der Waals surface area contributed by atoms with Crippen molar-refractivity contribution in [1.29, 1.82) is 0 Å². The Labute approximate surface area is 144 Å². The molecule has 3 heteroatoms. The summed E-state index contributed by atoms with van der Waals surface area (Å²) in [6.07, 6.45) is 3.12. The van der Waals surface area contributed by atoms with E-state index in [1.807, 2.05) is 26.0 Å². The molecular formula is C21H27NO2. The average Bonchev–Trinajstić information content (AvgIpc) is 2.57. The van der Waals surface area contributed by atoms with Crippen molar-refractivity contribution in [2.75, 3.05) is 0 Å². The predicted octanol–water partition coefficient (Wildman–Crippen LogP) is 4.80. The van der Waals surface area contributed by atoms with Gasteiger partial charge in [0.15, 0.2) is 0 Å². The molecule has 2 atom stereocenters. The molecule has 1 amide bonds. The van der Waals surface area contributed by atoms with E-state index < -0.39 is 0 Å². The molecule has 0 saturated heterocycles. The third kappa shape index (κ3) is 5.19. The van der Waals surface area contributed by atoms with Crippen LogP contribution >= 0.6 is 0 Å². The van der Waals surface area contributed by atoms with Crippen LogP contribution in [-0.4, -0.2) is 11.7 Å². The molecule has 0 fully saturated rings. The molecule has 0 bridgehead atoms. The van der Waals surface area contributed by atoms with E-state index in [0.717, 1.165) is 24.8 Å². The minimum Gasteiger partial charge on any atom is -0.350 e. The van der Waals surface area contributed by atoms with Crippen molar-refractivity contribution in [2.45, 2.75) is 52.5 Å². The zero-order valence-corrected chi connectivity index (χ0v) is 14.8. The van der Waals surface area contributed by atoms with Crippen LogP contribution in [-0.2, 0) is 9.59 Å². The average molecular weight is 325 g/mol. The summed E-state index contributed by atoms with van der Waals surface area (Å²) in [5, 5.41) is 5.46. The summed E-state index contributed by atoms with van der Waals surface area (Å²) in [5.41, 5.74) is 1.12. The van der Waals surface area contributed by atoms with Gasteiger partial charge in [-0.15, -0.1) is 0 Å². The fourth-order valence-corrected chi connectivity index (χ4v) is 2.81. The van der Waals surface area contributed by atoms with Crippen LogP contribution < -0.4 is 5.32 Å². The topological polar surface area (TPSA) is 46.2 Å². The van der Waals surface area contributed by atoms with E-state index in [-0.39, 0.29) is 23.7 Å². The van der Waals surface area contributed by atoms with E-state index >= 15 is 0 Å². The molecule has 128 valence electrons. The molecule has 0 radical (unpaired) electrons.